The number of carbonyl (C=O) groups is 2. The fourth-order valence-electron chi connectivity index (χ4n) is 1.39. The minimum atomic E-state index is -1.23. The second-order valence-electron chi connectivity index (χ2n) is 3.06. The summed E-state index contributed by atoms with van der Waals surface area (Å²) in [5, 5.41) is 23.8. The number of halogens is 1. The van der Waals surface area contributed by atoms with E-state index in [-0.39, 0.29) is 27.2 Å². The number of aromatic carboxylic acids is 2. The van der Waals surface area contributed by atoms with E-state index in [1.165, 1.54) is 12.1 Å². The van der Waals surface area contributed by atoms with E-state index >= 15 is 0 Å². The third kappa shape index (κ3) is 1.49. The molecule has 2 aromatic rings. The van der Waals surface area contributed by atoms with Crippen LogP contribution in [0.3, 0.4) is 0 Å². The van der Waals surface area contributed by atoms with Crippen molar-refractivity contribution in [1.82, 2.24) is 10.2 Å². The Morgan fingerprint density at radius 1 is 1.25 bits per heavy atom. The lowest BCUT2D eigenvalue weighted by molar-refractivity contribution is 0.0684. The molecule has 7 heteroatoms. The van der Waals surface area contributed by atoms with Gasteiger partial charge in [-0.25, -0.2) is 9.59 Å². The normalized spacial score (nSPS) is 10.6. The Bertz CT molecular complexity index is 605. The standard InChI is InChI=1S/C9H5ClN2O4/c10-4-1-3(8(13)14)2-5-6(4)7(9(15)16)12-11-5/h1-2H,(H,11,12)(H,13,14)(H,15,16). The number of hydrogen-bond acceptors (Lipinski definition) is 3. The average Bonchev–Trinajstić information content (AvgIpc) is 2.61. The van der Waals surface area contributed by atoms with Crippen LogP contribution in [0.25, 0.3) is 10.9 Å². The molecule has 0 amide bonds. The van der Waals surface area contributed by atoms with E-state index in [2.05, 4.69) is 10.2 Å². The quantitative estimate of drug-likeness (QED) is 0.740. The lowest BCUT2D eigenvalue weighted by atomic mass is 10.1. The van der Waals surface area contributed by atoms with E-state index in [4.69, 9.17) is 21.8 Å². The Morgan fingerprint density at radius 3 is 2.50 bits per heavy atom. The number of carboxylic acids is 2. The van der Waals surface area contributed by atoms with Gasteiger partial charge in [-0.2, -0.15) is 5.10 Å². The summed E-state index contributed by atoms with van der Waals surface area (Å²) in [5.74, 6) is -2.37. The minimum absolute atomic E-state index is 0.0295. The van der Waals surface area contributed by atoms with Crippen LogP contribution in [0, 0.1) is 0 Å². The SMILES string of the molecule is O=C(O)c1cc(Cl)c2c(C(=O)O)n[nH]c2c1. The summed E-state index contributed by atoms with van der Waals surface area (Å²) in [5.41, 5.74) is 0.0253. The predicted molar refractivity (Wildman–Crippen MR) is 55.0 cm³/mol. The number of rotatable bonds is 2. The van der Waals surface area contributed by atoms with E-state index < -0.39 is 11.9 Å². The Hall–Kier alpha value is -2.08. The second kappa shape index (κ2) is 3.49. The predicted octanol–water partition coefficient (Wildman–Crippen LogP) is 1.61. The van der Waals surface area contributed by atoms with Crippen LogP contribution in [0.5, 0.6) is 0 Å². The lowest BCUT2D eigenvalue weighted by Crippen LogP contribution is -1.98. The molecular weight excluding hydrogens is 236 g/mol. The minimum Gasteiger partial charge on any atom is -0.478 e. The van der Waals surface area contributed by atoms with Gasteiger partial charge in [0, 0.05) is 0 Å². The fourth-order valence-corrected chi connectivity index (χ4v) is 1.69. The van der Waals surface area contributed by atoms with Crippen LogP contribution < -0.4 is 0 Å². The van der Waals surface area contributed by atoms with Crippen LogP contribution in [0.1, 0.15) is 20.8 Å². The maximum absolute atomic E-state index is 10.8. The number of aromatic nitrogens is 2. The first-order valence-electron chi connectivity index (χ1n) is 4.15. The third-order valence-electron chi connectivity index (χ3n) is 2.06. The van der Waals surface area contributed by atoms with Crippen LogP contribution >= 0.6 is 11.6 Å². The first kappa shape index (κ1) is 10.4. The molecule has 0 aliphatic rings. The lowest BCUT2D eigenvalue weighted by Gasteiger charge is -1.98. The van der Waals surface area contributed by atoms with Crippen LogP contribution in [-0.4, -0.2) is 32.3 Å². The average molecular weight is 241 g/mol. The van der Waals surface area contributed by atoms with Gasteiger partial charge < -0.3 is 10.2 Å². The maximum Gasteiger partial charge on any atom is 0.357 e. The molecule has 0 spiro atoms. The molecule has 0 atom stereocenters. The summed E-state index contributed by atoms with van der Waals surface area (Å²) in [6.07, 6.45) is 0. The molecule has 0 radical (unpaired) electrons. The largest absolute Gasteiger partial charge is 0.478 e. The summed E-state index contributed by atoms with van der Waals surface area (Å²) in [6.45, 7) is 0. The van der Waals surface area contributed by atoms with E-state index in [1.54, 1.807) is 0 Å². The highest BCUT2D eigenvalue weighted by atomic mass is 35.5. The molecule has 3 N–H and O–H groups in total. The smallest absolute Gasteiger partial charge is 0.357 e. The van der Waals surface area contributed by atoms with Crippen molar-refractivity contribution in [1.29, 1.82) is 0 Å². The third-order valence-corrected chi connectivity index (χ3v) is 2.36. The number of carboxylic acid groups (broad SMARTS) is 2. The van der Waals surface area contributed by atoms with Crippen LogP contribution in [0.4, 0.5) is 0 Å². The number of fused-ring (bicyclic) bond motifs is 1. The molecule has 1 heterocycles. The van der Waals surface area contributed by atoms with Crippen LogP contribution in [-0.2, 0) is 0 Å². The monoisotopic (exact) mass is 240 g/mol. The van der Waals surface area contributed by atoms with Gasteiger partial charge in [-0.1, -0.05) is 11.6 Å². The maximum atomic E-state index is 10.8. The number of H-pyrrole nitrogens is 1. The fraction of sp³-hybridized carbons (Fsp3) is 0. The molecule has 0 unspecified atom stereocenters. The van der Waals surface area contributed by atoms with Gasteiger partial charge in [0.25, 0.3) is 0 Å². The molecule has 0 fully saturated rings. The molecular formula is C9H5ClN2O4. The highest BCUT2D eigenvalue weighted by molar-refractivity contribution is 6.37. The van der Waals surface area contributed by atoms with E-state index in [9.17, 15) is 9.59 Å². The highest BCUT2D eigenvalue weighted by Crippen LogP contribution is 2.27. The topological polar surface area (TPSA) is 103 Å². The zero-order valence-electron chi connectivity index (χ0n) is 7.69. The molecule has 6 nitrogen and oxygen atoms in total. The second-order valence-corrected chi connectivity index (χ2v) is 3.47. The number of nitrogens with zero attached hydrogens (tertiary/aromatic N) is 1. The van der Waals surface area contributed by atoms with Gasteiger partial charge in [-0.05, 0) is 12.1 Å². The number of nitrogens with one attached hydrogen (secondary N) is 1. The van der Waals surface area contributed by atoms with E-state index in [1.807, 2.05) is 0 Å². The molecule has 0 bridgehead atoms. The number of aromatic amines is 1. The molecule has 2 rings (SSSR count). The van der Waals surface area contributed by atoms with Crippen molar-refractivity contribution >= 4 is 34.4 Å². The molecule has 0 saturated heterocycles. The summed E-state index contributed by atoms with van der Waals surface area (Å²) < 4.78 is 0. The molecule has 1 aromatic carbocycles. The van der Waals surface area contributed by atoms with Crippen molar-refractivity contribution < 1.29 is 19.8 Å². The molecule has 0 aliphatic carbocycles. The van der Waals surface area contributed by atoms with Crippen LogP contribution in [0.15, 0.2) is 12.1 Å². The van der Waals surface area contributed by atoms with Crippen molar-refractivity contribution in [2.24, 2.45) is 0 Å². The Morgan fingerprint density at radius 2 is 1.94 bits per heavy atom. The molecule has 0 aliphatic heterocycles. The number of hydrogen-bond donors (Lipinski definition) is 3. The van der Waals surface area contributed by atoms with Crippen molar-refractivity contribution in [3.63, 3.8) is 0 Å². The van der Waals surface area contributed by atoms with Gasteiger partial charge in [0.1, 0.15) is 0 Å². The zero-order valence-corrected chi connectivity index (χ0v) is 8.45. The van der Waals surface area contributed by atoms with Gasteiger partial charge in [0.2, 0.25) is 0 Å². The Kier molecular flexibility index (Phi) is 2.28. The van der Waals surface area contributed by atoms with Crippen molar-refractivity contribution in [2.75, 3.05) is 0 Å². The summed E-state index contributed by atoms with van der Waals surface area (Å²) in [6, 6.07) is 2.47. The van der Waals surface area contributed by atoms with Gasteiger partial charge in [-0.15, -0.1) is 0 Å². The van der Waals surface area contributed by atoms with Crippen molar-refractivity contribution in [2.45, 2.75) is 0 Å². The molecule has 1 aromatic heterocycles. The molecule has 0 saturated carbocycles. The van der Waals surface area contributed by atoms with E-state index in [0.29, 0.717) is 0 Å². The Labute approximate surface area is 93.5 Å². The number of benzene rings is 1. The van der Waals surface area contributed by atoms with Crippen molar-refractivity contribution in [3.8, 4) is 0 Å². The van der Waals surface area contributed by atoms with Gasteiger partial charge in [0.05, 0.1) is 21.5 Å². The Balaban J connectivity index is 2.78. The zero-order chi connectivity index (χ0) is 11.9. The van der Waals surface area contributed by atoms with Gasteiger partial charge >= 0.3 is 11.9 Å². The first-order chi connectivity index (χ1) is 7.50. The summed E-state index contributed by atoms with van der Waals surface area (Å²) >= 11 is 5.81. The molecule has 16 heavy (non-hydrogen) atoms. The van der Waals surface area contributed by atoms with Gasteiger partial charge in [-0.3, -0.25) is 5.10 Å². The van der Waals surface area contributed by atoms with Crippen LogP contribution in [0.2, 0.25) is 5.02 Å². The summed E-state index contributed by atoms with van der Waals surface area (Å²) in [4.78, 5) is 21.5. The highest BCUT2D eigenvalue weighted by Gasteiger charge is 2.17. The van der Waals surface area contributed by atoms with Gasteiger partial charge in [0.15, 0.2) is 5.69 Å². The van der Waals surface area contributed by atoms with Crippen molar-refractivity contribution in [3.05, 3.63) is 28.4 Å². The van der Waals surface area contributed by atoms with E-state index in [0.717, 1.165) is 0 Å². The summed E-state index contributed by atoms with van der Waals surface area (Å²) in [7, 11) is 0. The first-order valence-corrected chi connectivity index (χ1v) is 4.52. The molecule has 82 valence electrons.